The quantitative estimate of drug-likeness (QED) is 0.509. The van der Waals surface area contributed by atoms with Gasteiger partial charge in [0.05, 0.1) is 25.2 Å². The summed E-state index contributed by atoms with van der Waals surface area (Å²) >= 11 is 0.763. The third kappa shape index (κ3) is 6.53. The number of nitrogens with zero attached hydrogens (tertiary/aromatic N) is 2. The van der Waals surface area contributed by atoms with E-state index >= 15 is 0 Å². The van der Waals surface area contributed by atoms with Crippen LogP contribution in [0, 0.1) is 13.8 Å². The van der Waals surface area contributed by atoms with E-state index < -0.39 is 17.1 Å². The molecule has 4 amide bonds. The van der Waals surface area contributed by atoms with Crippen molar-refractivity contribution in [2.45, 2.75) is 13.8 Å². The van der Waals surface area contributed by atoms with Crippen LogP contribution in [-0.4, -0.2) is 79.3 Å². The summed E-state index contributed by atoms with van der Waals surface area (Å²) in [6.45, 7) is 5.45. The summed E-state index contributed by atoms with van der Waals surface area (Å²) < 4.78 is 16.3. The second-order valence-electron chi connectivity index (χ2n) is 8.81. The number of amides is 4. The van der Waals surface area contributed by atoms with Crippen molar-refractivity contribution in [3.8, 4) is 11.5 Å². The summed E-state index contributed by atoms with van der Waals surface area (Å²) in [5.41, 5.74) is 3.31. The second-order valence-corrected chi connectivity index (χ2v) is 9.80. The SMILES string of the molecule is COc1cc(/C=C2\SC(=O)N(CC(=O)Nc3ccc(C)c(C)c3)C2=O)ccc1OCC(=O)N1CCOCC1. The fraction of sp³-hybridized carbons (Fsp3) is 0.333. The summed E-state index contributed by atoms with van der Waals surface area (Å²) in [5, 5.41) is 2.20. The molecular formula is C27H29N3O7S. The first kappa shape index (κ1) is 27.2. The van der Waals surface area contributed by atoms with Crippen LogP contribution in [0.2, 0.25) is 0 Å². The van der Waals surface area contributed by atoms with Gasteiger partial charge in [0.25, 0.3) is 17.1 Å². The van der Waals surface area contributed by atoms with Crippen molar-refractivity contribution in [1.29, 1.82) is 0 Å². The number of ether oxygens (including phenoxy) is 3. The number of aryl methyl sites for hydroxylation is 2. The van der Waals surface area contributed by atoms with Gasteiger partial charge < -0.3 is 24.4 Å². The number of hydrogen-bond acceptors (Lipinski definition) is 8. The van der Waals surface area contributed by atoms with E-state index in [1.165, 1.54) is 7.11 Å². The molecule has 0 atom stereocenters. The second kappa shape index (κ2) is 12.1. The normalized spacial score (nSPS) is 16.7. The Bertz CT molecular complexity index is 1290. The Labute approximate surface area is 224 Å². The van der Waals surface area contributed by atoms with E-state index in [-0.39, 0.29) is 24.0 Å². The number of benzene rings is 2. The van der Waals surface area contributed by atoms with E-state index in [1.807, 2.05) is 26.0 Å². The molecule has 0 unspecified atom stereocenters. The monoisotopic (exact) mass is 539 g/mol. The van der Waals surface area contributed by atoms with Crippen molar-refractivity contribution < 1.29 is 33.4 Å². The number of hydrogen-bond donors (Lipinski definition) is 1. The number of thioether (sulfide) groups is 1. The molecule has 2 aliphatic heterocycles. The largest absolute Gasteiger partial charge is 0.493 e. The van der Waals surface area contributed by atoms with Crippen LogP contribution in [0.3, 0.4) is 0 Å². The van der Waals surface area contributed by atoms with E-state index in [1.54, 1.807) is 35.2 Å². The van der Waals surface area contributed by atoms with Crippen molar-refractivity contribution in [3.05, 3.63) is 58.0 Å². The number of methoxy groups -OCH3 is 1. The first-order valence-electron chi connectivity index (χ1n) is 12.0. The van der Waals surface area contributed by atoms with Gasteiger partial charge in [0.1, 0.15) is 6.54 Å². The van der Waals surface area contributed by atoms with E-state index in [9.17, 15) is 19.2 Å². The van der Waals surface area contributed by atoms with Crippen molar-refractivity contribution in [3.63, 3.8) is 0 Å². The summed E-state index contributed by atoms with van der Waals surface area (Å²) in [5.74, 6) is -0.408. The number of imide groups is 1. The molecule has 38 heavy (non-hydrogen) atoms. The Balaban J connectivity index is 1.38. The van der Waals surface area contributed by atoms with E-state index in [2.05, 4.69) is 5.32 Å². The first-order valence-corrected chi connectivity index (χ1v) is 12.9. The van der Waals surface area contributed by atoms with Crippen molar-refractivity contribution >= 4 is 46.5 Å². The summed E-state index contributed by atoms with van der Waals surface area (Å²) in [6.07, 6.45) is 1.55. The van der Waals surface area contributed by atoms with Crippen LogP contribution in [0.1, 0.15) is 16.7 Å². The van der Waals surface area contributed by atoms with Crippen LogP contribution in [0.5, 0.6) is 11.5 Å². The fourth-order valence-corrected chi connectivity index (χ4v) is 4.73. The van der Waals surface area contributed by atoms with Gasteiger partial charge in [-0.1, -0.05) is 12.1 Å². The molecule has 4 rings (SSSR count). The molecular weight excluding hydrogens is 510 g/mol. The van der Waals surface area contributed by atoms with Crippen LogP contribution in [0.4, 0.5) is 10.5 Å². The number of rotatable bonds is 8. The van der Waals surface area contributed by atoms with E-state index in [0.717, 1.165) is 27.8 Å². The molecule has 2 aromatic carbocycles. The highest BCUT2D eigenvalue weighted by Crippen LogP contribution is 2.34. The molecule has 2 saturated heterocycles. The topological polar surface area (TPSA) is 114 Å². The fourth-order valence-electron chi connectivity index (χ4n) is 3.89. The zero-order chi connectivity index (χ0) is 27.2. The molecule has 0 aromatic heterocycles. The van der Waals surface area contributed by atoms with E-state index in [0.29, 0.717) is 49.1 Å². The van der Waals surface area contributed by atoms with Gasteiger partial charge >= 0.3 is 0 Å². The Morgan fingerprint density at radius 3 is 2.53 bits per heavy atom. The summed E-state index contributed by atoms with van der Waals surface area (Å²) in [6, 6.07) is 10.5. The average Bonchev–Trinajstić information content (AvgIpc) is 3.17. The van der Waals surface area contributed by atoms with Crippen LogP contribution < -0.4 is 14.8 Å². The van der Waals surface area contributed by atoms with Gasteiger partial charge in [-0.3, -0.25) is 24.1 Å². The molecule has 0 spiro atoms. The Kier molecular flexibility index (Phi) is 8.70. The molecule has 200 valence electrons. The van der Waals surface area contributed by atoms with Crippen LogP contribution in [-0.2, 0) is 19.1 Å². The standard InChI is InChI=1S/C27H29N3O7S/c1-17-4-6-20(12-18(17)2)28-24(31)15-30-26(33)23(38-27(30)34)14-19-5-7-21(22(13-19)35-3)37-16-25(32)29-8-10-36-11-9-29/h4-7,12-14H,8-11,15-16H2,1-3H3,(H,28,31)/b23-14-. The van der Waals surface area contributed by atoms with Crippen LogP contribution >= 0.6 is 11.8 Å². The predicted octanol–water partition coefficient (Wildman–Crippen LogP) is 3.22. The Morgan fingerprint density at radius 1 is 1.05 bits per heavy atom. The molecule has 10 nitrogen and oxygen atoms in total. The van der Waals surface area contributed by atoms with Gasteiger partial charge in [0.15, 0.2) is 18.1 Å². The highest BCUT2D eigenvalue weighted by Gasteiger charge is 2.36. The zero-order valence-electron chi connectivity index (χ0n) is 21.4. The third-order valence-electron chi connectivity index (χ3n) is 6.17. The smallest absolute Gasteiger partial charge is 0.294 e. The molecule has 2 aromatic rings. The lowest BCUT2D eigenvalue weighted by Crippen LogP contribution is -2.43. The minimum absolute atomic E-state index is 0.140. The highest BCUT2D eigenvalue weighted by atomic mass is 32.2. The molecule has 11 heteroatoms. The van der Waals surface area contributed by atoms with E-state index in [4.69, 9.17) is 14.2 Å². The van der Waals surface area contributed by atoms with Crippen LogP contribution in [0.25, 0.3) is 6.08 Å². The highest BCUT2D eigenvalue weighted by molar-refractivity contribution is 8.18. The van der Waals surface area contributed by atoms with Crippen molar-refractivity contribution in [1.82, 2.24) is 9.80 Å². The molecule has 2 fully saturated rings. The minimum Gasteiger partial charge on any atom is -0.493 e. The lowest BCUT2D eigenvalue weighted by Gasteiger charge is -2.26. The number of anilines is 1. The molecule has 0 bridgehead atoms. The molecule has 0 saturated carbocycles. The number of carbonyl (C=O) groups is 4. The molecule has 2 heterocycles. The minimum atomic E-state index is -0.550. The van der Waals surface area contributed by atoms with Crippen molar-refractivity contribution in [2.75, 3.05) is 51.9 Å². The van der Waals surface area contributed by atoms with Gasteiger partial charge in [-0.2, -0.15) is 0 Å². The number of nitrogens with one attached hydrogen (secondary N) is 1. The van der Waals surface area contributed by atoms with Gasteiger partial charge in [0, 0.05) is 18.8 Å². The maximum atomic E-state index is 12.9. The van der Waals surface area contributed by atoms with Crippen molar-refractivity contribution in [2.24, 2.45) is 0 Å². The first-order chi connectivity index (χ1) is 18.2. The third-order valence-corrected chi connectivity index (χ3v) is 7.07. The molecule has 0 radical (unpaired) electrons. The Morgan fingerprint density at radius 2 is 1.82 bits per heavy atom. The zero-order valence-corrected chi connectivity index (χ0v) is 22.3. The summed E-state index contributed by atoms with van der Waals surface area (Å²) in [7, 11) is 1.47. The average molecular weight is 540 g/mol. The Hall–Kier alpha value is -3.83. The molecule has 2 aliphatic rings. The van der Waals surface area contributed by atoms with Gasteiger partial charge in [0.2, 0.25) is 5.91 Å². The maximum Gasteiger partial charge on any atom is 0.294 e. The van der Waals surface area contributed by atoms with Gasteiger partial charge in [-0.15, -0.1) is 0 Å². The lowest BCUT2D eigenvalue weighted by atomic mass is 10.1. The van der Waals surface area contributed by atoms with Gasteiger partial charge in [-0.25, -0.2) is 0 Å². The lowest BCUT2D eigenvalue weighted by molar-refractivity contribution is -0.137. The number of carbonyl (C=O) groups excluding carboxylic acids is 4. The van der Waals surface area contributed by atoms with Crippen LogP contribution in [0.15, 0.2) is 41.3 Å². The number of morpholine rings is 1. The molecule has 0 aliphatic carbocycles. The predicted molar refractivity (Wildman–Crippen MR) is 143 cm³/mol. The summed E-state index contributed by atoms with van der Waals surface area (Å²) in [4.78, 5) is 53.0. The molecule has 1 N–H and O–H groups in total. The van der Waals surface area contributed by atoms with Gasteiger partial charge in [-0.05, 0) is 72.6 Å². The maximum absolute atomic E-state index is 12.9.